The molecule has 152 valence electrons. The van der Waals surface area contributed by atoms with Gasteiger partial charge in [-0.2, -0.15) is 0 Å². The van der Waals surface area contributed by atoms with Crippen molar-refractivity contribution in [1.29, 1.82) is 0 Å². The lowest BCUT2D eigenvalue weighted by molar-refractivity contribution is -0.117. The Labute approximate surface area is 176 Å². The summed E-state index contributed by atoms with van der Waals surface area (Å²) in [5.41, 5.74) is 5.20. The predicted octanol–water partition coefficient (Wildman–Crippen LogP) is 5.09. The minimum Gasteiger partial charge on any atom is -0.304 e. The molecular weight excluding hydrogens is 356 g/mol. The van der Waals surface area contributed by atoms with Crippen LogP contribution in [-0.4, -0.2) is 24.1 Å². The van der Waals surface area contributed by atoms with Gasteiger partial charge in [0.1, 0.15) is 0 Å². The second kappa shape index (κ2) is 10.2. The summed E-state index contributed by atoms with van der Waals surface area (Å²) in [7, 11) is 0. The van der Waals surface area contributed by atoms with Crippen LogP contribution in [-0.2, 0) is 16.6 Å². The van der Waals surface area contributed by atoms with E-state index in [0.717, 1.165) is 28.0 Å². The Morgan fingerprint density at radius 1 is 1.10 bits per heavy atom. The van der Waals surface area contributed by atoms with Crippen molar-refractivity contribution in [3.05, 3.63) is 83.1 Å². The molecule has 1 N–H and O–H groups in total. The smallest absolute Gasteiger partial charge is 0.151 e. The lowest BCUT2D eigenvalue weighted by Gasteiger charge is -2.16. The molecule has 0 radical (unpaired) electrons. The van der Waals surface area contributed by atoms with E-state index in [4.69, 9.17) is 0 Å². The second-order valence-electron chi connectivity index (χ2n) is 8.54. The molecule has 0 aliphatic carbocycles. The van der Waals surface area contributed by atoms with Gasteiger partial charge in [0.2, 0.25) is 0 Å². The SMILES string of the molecule is CC(=N/C=C(\C)C(C)NCC(=O)Cc1c#cc(C(C)(C)C)cc1)c1ccccc1. The van der Waals surface area contributed by atoms with Gasteiger partial charge in [-0.05, 0) is 49.5 Å². The molecule has 0 aromatic heterocycles. The standard InChI is InChI=1S/C26H32N2O/c1-19(17-27-21(3)23-10-8-7-9-11-23)20(2)28-18-25(29)16-22-12-14-24(15-13-22)26(4,5)6/h7-12,14,17,20,28H,16,18H2,1-6H3/b19-17+,27-21?. The Kier molecular flexibility index (Phi) is 7.93. The molecule has 29 heavy (non-hydrogen) atoms. The summed E-state index contributed by atoms with van der Waals surface area (Å²) in [6.45, 7) is 12.8. The molecule has 0 aliphatic rings. The summed E-state index contributed by atoms with van der Waals surface area (Å²) in [4.78, 5) is 16.9. The zero-order valence-corrected chi connectivity index (χ0v) is 18.5. The number of rotatable bonds is 8. The van der Waals surface area contributed by atoms with E-state index in [1.807, 2.05) is 69.4 Å². The van der Waals surface area contributed by atoms with E-state index < -0.39 is 0 Å². The summed E-state index contributed by atoms with van der Waals surface area (Å²) in [6, 6.07) is 20.5. The molecule has 0 spiro atoms. The molecule has 2 aromatic carbocycles. The molecule has 3 nitrogen and oxygen atoms in total. The maximum Gasteiger partial charge on any atom is 0.151 e. The minimum absolute atomic E-state index is 0.0429. The highest BCUT2D eigenvalue weighted by molar-refractivity contribution is 5.99. The van der Waals surface area contributed by atoms with Crippen LogP contribution in [0.5, 0.6) is 0 Å². The van der Waals surface area contributed by atoms with Crippen LogP contribution in [0, 0.1) is 12.1 Å². The third kappa shape index (κ3) is 7.33. The zero-order chi connectivity index (χ0) is 21.4. The van der Waals surface area contributed by atoms with Gasteiger partial charge in [0.05, 0.1) is 6.54 Å². The summed E-state index contributed by atoms with van der Waals surface area (Å²) < 4.78 is 0. The summed E-state index contributed by atoms with van der Waals surface area (Å²) in [5, 5.41) is 3.29. The lowest BCUT2D eigenvalue weighted by atomic mass is 9.88. The zero-order valence-electron chi connectivity index (χ0n) is 18.5. The number of aliphatic imine (C=N–C) groups is 1. The fraction of sp³-hybridized carbons (Fsp3) is 0.385. The van der Waals surface area contributed by atoms with Crippen LogP contribution >= 0.6 is 0 Å². The number of carbonyl (C=O) groups excluding carboxylic acids is 1. The van der Waals surface area contributed by atoms with E-state index in [9.17, 15) is 4.79 Å². The highest BCUT2D eigenvalue weighted by atomic mass is 16.1. The average Bonchev–Trinajstić information content (AvgIpc) is 2.70. The molecule has 0 fully saturated rings. The molecule has 1 unspecified atom stereocenters. The Hall–Kier alpha value is -2.70. The monoisotopic (exact) mass is 388 g/mol. The maximum atomic E-state index is 12.3. The van der Waals surface area contributed by atoms with Crippen molar-refractivity contribution in [3.63, 3.8) is 0 Å². The normalized spacial score (nSPS) is 13.7. The Bertz CT molecular complexity index is 856. The van der Waals surface area contributed by atoms with Gasteiger partial charge in [-0.15, -0.1) is 0 Å². The van der Waals surface area contributed by atoms with Crippen LogP contribution in [0.4, 0.5) is 0 Å². The molecule has 1 atom stereocenters. The summed E-state index contributed by atoms with van der Waals surface area (Å²) >= 11 is 0. The van der Waals surface area contributed by atoms with E-state index >= 15 is 0 Å². The molecule has 2 rings (SSSR count). The number of Topliss-reactive ketones (excluding diaryl/α,β-unsaturated/α-hetero) is 1. The van der Waals surface area contributed by atoms with Gasteiger partial charge >= 0.3 is 0 Å². The van der Waals surface area contributed by atoms with Crippen molar-refractivity contribution in [1.82, 2.24) is 5.32 Å². The van der Waals surface area contributed by atoms with Crippen LogP contribution in [0.15, 0.2) is 59.2 Å². The van der Waals surface area contributed by atoms with Gasteiger partial charge in [-0.25, -0.2) is 0 Å². The molecule has 0 heterocycles. The van der Waals surface area contributed by atoms with Gasteiger partial charge < -0.3 is 5.32 Å². The molecular formula is C26H32N2O. The van der Waals surface area contributed by atoms with Crippen LogP contribution < -0.4 is 5.32 Å². The van der Waals surface area contributed by atoms with Gasteiger partial charge in [-0.1, -0.05) is 63.2 Å². The van der Waals surface area contributed by atoms with Crippen LogP contribution in [0.1, 0.15) is 58.2 Å². The average molecular weight is 389 g/mol. The first-order valence-electron chi connectivity index (χ1n) is 10.1. The molecule has 0 amide bonds. The Morgan fingerprint density at radius 2 is 1.79 bits per heavy atom. The number of benzene rings is 1. The minimum atomic E-state index is 0.0429. The van der Waals surface area contributed by atoms with E-state index in [2.05, 4.69) is 43.2 Å². The molecule has 0 saturated heterocycles. The van der Waals surface area contributed by atoms with Crippen molar-refractivity contribution in [2.75, 3.05) is 6.54 Å². The molecule has 0 aliphatic heterocycles. The number of hydrogen-bond donors (Lipinski definition) is 1. The Balaban J connectivity index is 1.86. The fourth-order valence-electron chi connectivity index (χ4n) is 2.72. The highest BCUT2D eigenvalue weighted by Crippen LogP contribution is 2.19. The van der Waals surface area contributed by atoms with E-state index in [-0.39, 0.29) is 17.2 Å². The van der Waals surface area contributed by atoms with Crippen molar-refractivity contribution in [2.24, 2.45) is 4.99 Å². The number of nitrogens with one attached hydrogen (secondary N) is 1. The maximum absolute atomic E-state index is 12.3. The quantitative estimate of drug-likeness (QED) is 0.640. The third-order valence-electron chi connectivity index (χ3n) is 4.95. The topological polar surface area (TPSA) is 41.5 Å². The number of hydrogen-bond acceptors (Lipinski definition) is 3. The predicted molar refractivity (Wildman–Crippen MR) is 121 cm³/mol. The van der Waals surface area contributed by atoms with Crippen molar-refractivity contribution in [3.8, 4) is 0 Å². The van der Waals surface area contributed by atoms with Gasteiger partial charge in [-0.3, -0.25) is 9.79 Å². The van der Waals surface area contributed by atoms with Crippen LogP contribution in [0.3, 0.4) is 0 Å². The first-order valence-corrected chi connectivity index (χ1v) is 10.1. The van der Waals surface area contributed by atoms with Crippen LogP contribution in [0.2, 0.25) is 0 Å². The molecule has 0 saturated carbocycles. The lowest BCUT2D eigenvalue weighted by Crippen LogP contribution is -2.32. The van der Waals surface area contributed by atoms with Crippen molar-refractivity contribution in [2.45, 2.75) is 59.4 Å². The molecule has 2 aromatic rings. The molecule has 0 bridgehead atoms. The van der Waals surface area contributed by atoms with Crippen LogP contribution in [0.25, 0.3) is 0 Å². The highest BCUT2D eigenvalue weighted by Gasteiger charge is 2.13. The fourth-order valence-corrected chi connectivity index (χ4v) is 2.72. The van der Waals surface area contributed by atoms with Gasteiger partial charge in [0.25, 0.3) is 0 Å². The summed E-state index contributed by atoms with van der Waals surface area (Å²) in [6.07, 6.45) is 2.24. The molecule has 3 heteroatoms. The number of ketones is 1. The van der Waals surface area contributed by atoms with E-state index in [1.165, 1.54) is 0 Å². The van der Waals surface area contributed by atoms with Crippen molar-refractivity contribution >= 4 is 11.5 Å². The number of nitrogens with zero attached hydrogens (tertiary/aromatic N) is 1. The third-order valence-corrected chi connectivity index (χ3v) is 4.95. The van der Waals surface area contributed by atoms with Gasteiger partial charge in [0.15, 0.2) is 5.78 Å². The van der Waals surface area contributed by atoms with Crippen molar-refractivity contribution < 1.29 is 4.79 Å². The summed E-state index contributed by atoms with van der Waals surface area (Å²) in [5.74, 6) is 0.141. The van der Waals surface area contributed by atoms with E-state index in [0.29, 0.717) is 13.0 Å². The first kappa shape index (κ1) is 22.6. The second-order valence-corrected chi connectivity index (χ2v) is 8.54. The van der Waals surface area contributed by atoms with Gasteiger partial charge in [0, 0.05) is 35.5 Å². The number of carbonyl (C=O) groups is 1. The largest absolute Gasteiger partial charge is 0.304 e. The Morgan fingerprint density at radius 3 is 2.38 bits per heavy atom. The first-order chi connectivity index (χ1) is 13.7. The van der Waals surface area contributed by atoms with E-state index in [1.54, 1.807) is 0 Å².